The Balaban J connectivity index is 2.58. The molecular formula is C8H10ClN3O. The van der Waals surface area contributed by atoms with Crippen molar-refractivity contribution < 1.29 is 4.79 Å². The number of hydrogen-bond acceptors (Lipinski definition) is 3. The fourth-order valence-electron chi connectivity index (χ4n) is 0.825. The molecule has 1 rings (SSSR count). The number of aromatic nitrogens is 1. The molecule has 1 aromatic rings. The molecule has 0 aromatic carbocycles. The van der Waals surface area contributed by atoms with Gasteiger partial charge in [0, 0.05) is 0 Å². The molecule has 1 aromatic heterocycles. The lowest BCUT2D eigenvalue weighted by Crippen LogP contribution is -2.25. The number of halogens is 1. The summed E-state index contributed by atoms with van der Waals surface area (Å²) in [7, 11) is 1.70. The third-order valence-electron chi connectivity index (χ3n) is 1.32. The van der Waals surface area contributed by atoms with E-state index in [-0.39, 0.29) is 12.5 Å². The fourth-order valence-corrected chi connectivity index (χ4v) is 0.989. The first-order valence-corrected chi connectivity index (χ1v) is 4.17. The minimum absolute atomic E-state index is 0.141. The molecule has 5 heteroatoms. The van der Waals surface area contributed by atoms with Crippen LogP contribution in [0.5, 0.6) is 0 Å². The lowest BCUT2D eigenvalue weighted by molar-refractivity contribution is -0.115. The molecule has 0 saturated heterocycles. The Morgan fingerprint density at radius 3 is 3.00 bits per heavy atom. The molecule has 1 amide bonds. The van der Waals surface area contributed by atoms with Crippen LogP contribution >= 0.6 is 11.6 Å². The van der Waals surface area contributed by atoms with E-state index in [4.69, 9.17) is 11.6 Å². The molecule has 0 fully saturated rings. The largest absolute Gasteiger partial charge is 0.311 e. The summed E-state index contributed by atoms with van der Waals surface area (Å²) >= 11 is 5.63. The van der Waals surface area contributed by atoms with Gasteiger partial charge in [-0.15, -0.1) is 0 Å². The normalized spacial score (nSPS) is 9.69. The van der Waals surface area contributed by atoms with E-state index < -0.39 is 0 Å². The van der Waals surface area contributed by atoms with Gasteiger partial charge in [-0.1, -0.05) is 17.7 Å². The summed E-state index contributed by atoms with van der Waals surface area (Å²) < 4.78 is 0. The van der Waals surface area contributed by atoms with Crippen molar-refractivity contribution in [1.29, 1.82) is 0 Å². The molecule has 0 spiro atoms. The first-order valence-electron chi connectivity index (χ1n) is 3.79. The maximum atomic E-state index is 11.1. The molecule has 0 aliphatic heterocycles. The van der Waals surface area contributed by atoms with Crippen molar-refractivity contribution in [2.24, 2.45) is 0 Å². The maximum absolute atomic E-state index is 11.1. The molecule has 1 heterocycles. The number of likely N-dealkylation sites (N-methyl/N-ethyl adjacent to an activating group) is 1. The van der Waals surface area contributed by atoms with Crippen molar-refractivity contribution in [2.45, 2.75) is 0 Å². The van der Waals surface area contributed by atoms with Crippen LogP contribution in [0.25, 0.3) is 0 Å². The van der Waals surface area contributed by atoms with Crippen LogP contribution in [0, 0.1) is 0 Å². The van der Waals surface area contributed by atoms with Crippen molar-refractivity contribution in [2.75, 3.05) is 18.9 Å². The van der Waals surface area contributed by atoms with E-state index in [1.807, 2.05) is 0 Å². The summed E-state index contributed by atoms with van der Waals surface area (Å²) in [4.78, 5) is 15.0. The first kappa shape index (κ1) is 9.95. The average Bonchev–Trinajstić information content (AvgIpc) is 2.04. The van der Waals surface area contributed by atoms with E-state index in [0.29, 0.717) is 11.0 Å². The molecule has 2 N–H and O–H groups in total. The van der Waals surface area contributed by atoms with Crippen molar-refractivity contribution in [3.8, 4) is 0 Å². The van der Waals surface area contributed by atoms with Gasteiger partial charge in [0.05, 0.1) is 6.54 Å². The number of carbonyl (C=O) groups is 1. The van der Waals surface area contributed by atoms with Gasteiger partial charge in [-0.2, -0.15) is 0 Å². The zero-order chi connectivity index (χ0) is 9.68. The van der Waals surface area contributed by atoms with Crippen molar-refractivity contribution in [1.82, 2.24) is 10.3 Å². The fraction of sp³-hybridized carbons (Fsp3) is 0.250. The van der Waals surface area contributed by atoms with Gasteiger partial charge in [0.15, 0.2) is 0 Å². The van der Waals surface area contributed by atoms with E-state index in [0.717, 1.165) is 0 Å². The maximum Gasteiger partial charge on any atom is 0.239 e. The number of nitrogens with zero attached hydrogens (tertiary/aromatic N) is 1. The molecule has 0 bridgehead atoms. The number of carbonyl (C=O) groups excluding carboxylic acids is 1. The molecule has 0 aliphatic carbocycles. The van der Waals surface area contributed by atoms with E-state index in [1.54, 1.807) is 25.2 Å². The van der Waals surface area contributed by atoms with Crippen molar-refractivity contribution in [3.05, 3.63) is 23.4 Å². The smallest absolute Gasteiger partial charge is 0.239 e. The van der Waals surface area contributed by atoms with Gasteiger partial charge in [-0.05, 0) is 19.2 Å². The second-order valence-electron chi connectivity index (χ2n) is 2.42. The first-order chi connectivity index (χ1) is 6.22. The average molecular weight is 200 g/mol. The quantitative estimate of drug-likeness (QED) is 0.711. The Morgan fingerprint density at radius 1 is 1.62 bits per heavy atom. The summed E-state index contributed by atoms with van der Waals surface area (Å²) in [6.45, 7) is 0.258. The van der Waals surface area contributed by atoms with Gasteiger partial charge < -0.3 is 10.6 Å². The standard InChI is InChI=1S/C8H10ClN3O/c1-10-5-8(13)12-7-4-2-3-6(9)11-7/h2-4,10H,5H2,1H3,(H,11,12,13). The summed E-state index contributed by atoms with van der Waals surface area (Å²) in [5.74, 6) is 0.324. The minimum atomic E-state index is -0.141. The predicted molar refractivity (Wildman–Crippen MR) is 51.8 cm³/mol. The predicted octanol–water partition coefficient (Wildman–Crippen LogP) is 0.893. The molecular weight excluding hydrogens is 190 g/mol. The second kappa shape index (κ2) is 4.79. The SMILES string of the molecule is CNCC(=O)Nc1cccc(Cl)n1. The highest BCUT2D eigenvalue weighted by Gasteiger charge is 2.00. The van der Waals surface area contributed by atoms with E-state index in [9.17, 15) is 4.79 Å². The highest BCUT2D eigenvalue weighted by Crippen LogP contribution is 2.08. The zero-order valence-corrected chi connectivity index (χ0v) is 7.93. The van der Waals surface area contributed by atoms with Gasteiger partial charge in [-0.3, -0.25) is 4.79 Å². The van der Waals surface area contributed by atoms with E-state index >= 15 is 0 Å². The van der Waals surface area contributed by atoms with Crippen molar-refractivity contribution in [3.63, 3.8) is 0 Å². The summed E-state index contributed by atoms with van der Waals surface area (Å²) in [5.41, 5.74) is 0. The Hall–Kier alpha value is -1.13. The third-order valence-corrected chi connectivity index (χ3v) is 1.53. The lowest BCUT2D eigenvalue weighted by Gasteiger charge is -2.02. The van der Waals surface area contributed by atoms with Crippen LogP contribution < -0.4 is 10.6 Å². The monoisotopic (exact) mass is 199 g/mol. The van der Waals surface area contributed by atoms with Crippen molar-refractivity contribution >= 4 is 23.3 Å². The van der Waals surface area contributed by atoms with Crippen LogP contribution in [-0.2, 0) is 4.79 Å². The number of nitrogens with one attached hydrogen (secondary N) is 2. The summed E-state index contributed by atoms with van der Waals surface area (Å²) in [6.07, 6.45) is 0. The number of amides is 1. The van der Waals surface area contributed by atoms with Crippen LogP contribution in [0.3, 0.4) is 0 Å². The molecule has 0 aliphatic rings. The molecule has 0 saturated carbocycles. The molecule has 13 heavy (non-hydrogen) atoms. The Bertz CT molecular complexity index is 303. The van der Waals surface area contributed by atoms with Crippen LogP contribution in [0.15, 0.2) is 18.2 Å². The van der Waals surface area contributed by atoms with Gasteiger partial charge in [0.1, 0.15) is 11.0 Å². The Morgan fingerprint density at radius 2 is 2.38 bits per heavy atom. The third kappa shape index (κ3) is 3.40. The minimum Gasteiger partial charge on any atom is -0.311 e. The van der Waals surface area contributed by atoms with Crippen LogP contribution in [0.2, 0.25) is 5.15 Å². The molecule has 0 atom stereocenters. The number of pyridine rings is 1. The van der Waals surface area contributed by atoms with Gasteiger partial charge >= 0.3 is 0 Å². The molecule has 0 unspecified atom stereocenters. The van der Waals surface area contributed by atoms with Crippen LogP contribution in [0.1, 0.15) is 0 Å². The second-order valence-corrected chi connectivity index (χ2v) is 2.81. The topological polar surface area (TPSA) is 54.0 Å². The summed E-state index contributed by atoms with van der Waals surface area (Å²) in [5, 5.41) is 5.68. The lowest BCUT2D eigenvalue weighted by atomic mass is 10.4. The Kier molecular flexibility index (Phi) is 3.67. The summed E-state index contributed by atoms with van der Waals surface area (Å²) in [6, 6.07) is 5.05. The van der Waals surface area contributed by atoms with Gasteiger partial charge in [0.25, 0.3) is 0 Å². The van der Waals surface area contributed by atoms with Gasteiger partial charge in [0.2, 0.25) is 5.91 Å². The van der Waals surface area contributed by atoms with E-state index in [1.165, 1.54) is 0 Å². The molecule has 0 radical (unpaired) electrons. The molecule has 70 valence electrons. The number of rotatable bonds is 3. The van der Waals surface area contributed by atoms with Crippen LogP contribution in [0.4, 0.5) is 5.82 Å². The van der Waals surface area contributed by atoms with E-state index in [2.05, 4.69) is 15.6 Å². The van der Waals surface area contributed by atoms with Gasteiger partial charge in [-0.25, -0.2) is 4.98 Å². The highest BCUT2D eigenvalue weighted by atomic mass is 35.5. The number of anilines is 1. The highest BCUT2D eigenvalue weighted by molar-refractivity contribution is 6.29. The number of hydrogen-bond donors (Lipinski definition) is 2. The Labute approximate surface area is 81.3 Å². The molecule has 4 nitrogen and oxygen atoms in total. The zero-order valence-electron chi connectivity index (χ0n) is 7.17. The van der Waals surface area contributed by atoms with Crippen LogP contribution in [-0.4, -0.2) is 24.5 Å².